The fourth-order valence-corrected chi connectivity index (χ4v) is 1.68. The molecule has 2 aromatic rings. The van der Waals surface area contributed by atoms with E-state index in [2.05, 4.69) is 31.8 Å². The quantitative estimate of drug-likeness (QED) is 0.830. The lowest BCUT2D eigenvalue weighted by Gasteiger charge is -2.15. The van der Waals surface area contributed by atoms with E-state index in [1.165, 1.54) is 0 Å². The van der Waals surface area contributed by atoms with E-state index < -0.39 is 0 Å². The molecule has 1 unspecified atom stereocenters. The number of hydrogen-bond donors (Lipinski definition) is 1. The summed E-state index contributed by atoms with van der Waals surface area (Å²) >= 11 is 0. The van der Waals surface area contributed by atoms with Crippen LogP contribution in [0.15, 0.2) is 30.9 Å². The summed E-state index contributed by atoms with van der Waals surface area (Å²) in [4.78, 5) is 12.9. The van der Waals surface area contributed by atoms with Crippen molar-refractivity contribution in [2.75, 3.05) is 7.05 Å². The van der Waals surface area contributed by atoms with Gasteiger partial charge in [0, 0.05) is 31.3 Å². The normalized spacial score (nSPS) is 12.6. The monoisotopic (exact) mass is 217 g/mol. The van der Waals surface area contributed by atoms with Gasteiger partial charge in [-0.05, 0) is 20.0 Å². The lowest BCUT2D eigenvalue weighted by Crippen LogP contribution is -2.23. The SMILES string of the molecule is CCn1ccnc1C(NC)c1ncccn1. The standard InChI is InChI=1S/C11H15N5/c1-3-16-8-7-15-11(16)9(12-2)10-13-5-4-6-14-10/h4-9,12H,3H2,1-2H3. The van der Waals surface area contributed by atoms with E-state index in [1.54, 1.807) is 18.6 Å². The molecule has 0 aliphatic heterocycles. The molecule has 2 heterocycles. The average Bonchev–Trinajstić information content (AvgIpc) is 2.80. The summed E-state index contributed by atoms with van der Waals surface area (Å²) in [5, 5.41) is 3.19. The van der Waals surface area contributed by atoms with E-state index in [9.17, 15) is 0 Å². The molecule has 0 radical (unpaired) electrons. The first kappa shape index (κ1) is 10.8. The Hall–Kier alpha value is -1.75. The van der Waals surface area contributed by atoms with Gasteiger partial charge in [-0.1, -0.05) is 0 Å². The number of aromatic nitrogens is 4. The zero-order chi connectivity index (χ0) is 11.4. The predicted octanol–water partition coefficient (Wildman–Crippen LogP) is 1.00. The number of nitrogens with zero attached hydrogens (tertiary/aromatic N) is 4. The highest BCUT2D eigenvalue weighted by molar-refractivity contribution is 5.11. The van der Waals surface area contributed by atoms with Crippen molar-refractivity contribution in [2.24, 2.45) is 0 Å². The largest absolute Gasteiger partial charge is 0.334 e. The van der Waals surface area contributed by atoms with E-state index >= 15 is 0 Å². The van der Waals surface area contributed by atoms with Crippen LogP contribution < -0.4 is 5.32 Å². The molecule has 0 aliphatic carbocycles. The summed E-state index contributed by atoms with van der Waals surface area (Å²) in [6.45, 7) is 2.98. The summed E-state index contributed by atoms with van der Waals surface area (Å²) in [5.74, 6) is 1.68. The van der Waals surface area contributed by atoms with Crippen LogP contribution in [0.25, 0.3) is 0 Å². The van der Waals surface area contributed by atoms with Gasteiger partial charge in [0.1, 0.15) is 11.9 Å². The summed E-state index contributed by atoms with van der Waals surface area (Å²) in [6, 6.07) is 1.75. The number of rotatable bonds is 4. The van der Waals surface area contributed by atoms with Crippen molar-refractivity contribution in [1.82, 2.24) is 24.8 Å². The van der Waals surface area contributed by atoms with Crippen LogP contribution in [0.1, 0.15) is 24.6 Å². The van der Waals surface area contributed by atoms with Crippen molar-refractivity contribution in [3.8, 4) is 0 Å². The van der Waals surface area contributed by atoms with Gasteiger partial charge in [-0.3, -0.25) is 0 Å². The van der Waals surface area contributed by atoms with Crippen molar-refractivity contribution >= 4 is 0 Å². The molecular formula is C11H15N5. The summed E-state index contributed by atoms with van der Waals surface area (Å²) < 4.78 is 2.08. The maximum absolute atomic E-state index is 4.36. The van der Waals surface area contributed by atoms with Gasteiger partial charge in [0.25, 0.3) is 0 Å². The maximum atomic E-state index is 4.36. The Morgan fingerprint density at radius 3 is 2.62 bits per heavy atom. The predicted molar refractivity (Wildman–Crippen MR) is 60.8 cm³/mol. The van der Waals surface area contributed by atoms with Gasteiger partial charge in [0.15, 0.2) is 5.82 Å². The molecule has 84 valence electrons. The lowest BCUT2D eigenvalue weighted by molar-refractivity contribution is 0.565. The van der Waals surface area contributed by atoms with Gasteiger partial charge in [0.05, 0.1) is 0 Å². The Bertz CT molecular complexity index is 437. The van der Waals surface area contributed by atoms with Gasteiger partial charge in [0.2, 0.25) is 0 Å². The first-order valence-corrected chi connectivity index (χ1v) is 5.32. The molecule has 16 heavy (non-hydrogen) atoms. The number of aryl methyl sites for hydroxylation is 1. The zero-order valence-electron chi connectivity index (χ0n) is 9.46. The Morgan fingerprint density at radius 2 is 2.00 bits per heavy atom. The van der Waals surface area contributed by atoms with E-state index in [0.717, 1.165) is 18.2 Å². The van der Waals surface area contributed by atoms with E-state index in [1.807, 2.05) is 19.3 Å². The molecule has 1 N–H and O–H groups in total. The van der Waals surface area contributed by atoms with Gasteiger partial charge >= 0.3 is 0 Å². The molecule has 0 aromatic carbocycles. The highest BCUT2D eigenvalue weighted by Crippen LogP contribution is 2.15. The Kier molecular flexibility index (Phi) is 3.26. The highest BCUT2D eigenvalue weighted by atomic mass is 15.1. The average molecular weight is 217 g/mol. The second-order valence-corrected chi connectivity index (χ2v) is 3.40. The van der Waals surface area contributed by atoms with Crippen LogP contribution in [0.4, 0.5) is 0 Å². The number of nitrogens with one attached hydrogen (secondary N) is 1. The minimum Gasteiger partial charge on any atom is -0.334 e. The van der Waals surface area contributed by atoms with Crippen LogP contribution in [0, 0.1) is 0 Å². The molecule has 2 rings (SSSR count). The van der Waals surface area contributed by atoms with Gasteiger partial charge in [-0.25, -0.2) is 15.0 Å². The molecule has 1 atom stereocenters. The van der Waals surface area contributed by atoms with Gasteiger partial charge in [-0.2, -0.15) is 0 Å². The van der Waals surface area contributed by atoms with Crippen LogP contribution in [0.5, 0.6) is 0 Å². The number of hydrogen-bond acceptors (Lipinski definition) is 4. The van der Waals surface area contributed by atoms with Crippen LogP contribution in [0.3, 0.4) is 0 Å². The maximum Gasteiger partial charge on any atom is 0.152 e. The summed E-state index contributed by atoms with van der Waals surface area (Å²) in [5.41, 5.74) is 0. The molecule has 0 bridgehead atoms. The molecule has 0 aliphatic rings. The van der Waals surface area contributed by atoms with Crippen molar-refractivity contribution < 1.29 is 0 Å². The van der Waals surface area contributed by atoms with E-state index in [4.69, 9.17) is 0 Å². The molecule has 0 fully saturated rings. The smallest absolute Gasteiger partial charge is 0.152 e. The number of imidazole rings is 1. The summed E-state index contributed by atoms with van der Waals surface area (Å²) in [6.07, 6.45) is 7.24. The molecule has 5 nitrogen and oxygen atoms in total. The van der Waals surface area contributed by atoms with Crippen molar-refractivity contribution in [3.63, 3.8) is 0 Å². The second-order valence-electron chi connectivity index (χ2n) is 3.40. The van der Waals surface area contributed by atoms with Crippen molar-refractivity contribution in [2.45, 2.75) is 19.5 Å². The minimum atomic E-state index is -0.0591. The molecule has 0 spiro atoms. The first-order valence-electron chi connectivity index (χ1n) is 5.32. The lowest BCUT2D eigenvalue weighted by atomic mass is 10.2. The van der Waals surface area contributed by atoms with Gasteiger partial charge < -0.3 is 9.88 Å². The van der Waals surface area contributed by atoms with Crippen LogP contribution in [0.2, 0.25) is 0 Å². The minimum absolute atomic E-state index is 0.0591. The topological polar surface area (TPSA) is 55.6 Å². The third-order valence-electron chi connectivity index (χ3n) is 2.48. The highest BCUT2D eigenvalue weighted by Gasteiger charge is 2.18. The molecule has 0 saturated carbocycles. The Balaban J connectivity index is 2.37. The summed E-state index contributed by atoms with van der Waals surface area (Å²) in [7, 11) is 1.88. The Labute approximate surface area is 94.6 Å². The zero-order valence-corrected chi connectivity index (χ0v) is 9.46. The van der Waals surface area contributed by atoms with E-state index in [-0.39, 0.29) is 6.04 Å². The van der Waals surface area contributed by atoms with Gasteiger partial charge in [-0.15, -0.1) is 0 Å². The van der Waals surface area contributed by atoms with Crippen LogP contribution in [-0.4, -0.2) is 26.6 Å². The van der Waals surface area contributed by atoms with Crippen LogP contribution in [-0.2, 0) is 6.54 Å². The van der Waals surface area contributed by atoms with Crippen molar-refractivity contribution in [3.05, 3.63) is 42.5 Å². The molecule has 0 saturated heterocycles. The molecular weight excluding hydrogens is 202 g/mol. The third-order valence-corrected chi connectivity index (χ3v) is 2.48. The molecule has 0 amide bonds. The second kappa shape index (κ2) is 4.85. The molecule has 2 aromatic heterocycles. The Morgan fingerprint density at radius 1 is 1.25 bits per heavy atom. The fourth-order valence-electron chi connectivity index (χ4n) is 1.68. The third kappa shape index (κ3) is 1.94. The first-order chi connectivity index (χ1) is 7.86. The molecule has 5 heteroatoms. The fraction of sp³-hybridized carbons (Fsp3) is 0.364. The van der Waals surface area contributed by atoms with Crippen LogP contribution >= 0.6 is 0 Å². The van der Waals surface area contributed by atoms with E-state index in [0.29, 0.717) is 0 Å². The van der Waals surface area contributed by atoms with Crippen molar-refractivity contribution in [1.29, 1.82) is 0 Å².